The summed E-state index contributed by atoms with van der Waals surface area (Å²) in [7, 11) is 1.80. The van der Waals surface area contributed by atoms with Crippen LogP contribution >= 0.6 is 11.3 Å². The van der Waals surface area contributed by atoms with E-state index < -0.39 is 0 Å². The van der Waals surface area contributed by atoms with Crippen molar-refractivity contribution < 1.29 is 19.1 Å². The number of hydrogen-bond acceptors (Lipinski definition) is 6. The molecule has 0 radical (unpaired) electrons. The van der Waals surface area contributed by atoms with Gasteiger partial charge in [0.05, 0.1) is 5.69 Å². The molecule has 8 nitrogen and oxygen atoms in total. The van der Waals surface area contributed by atoms with Gasteiger partial charge in [-0.2, -0.15) is 0 Å². The summed E-state index contributed by atoms with van der Waals surface area (Å²) in [5, 5.41) is 4.93. The molecule has 4 aromatic rings. The molecule has 2 aromatic heterocycles. The highest BCUT2D eigenvalue weighted by atomic mass is 32.1. The van der Waals surface area contributed by atoms with Crippen LogP contribution in [0.5, 0.6) is 11.5 Å². The fraction of sp³-hybridized carbons (Fsp3) is 0.269. The third kappa shape index (κ3) is 4.72. The molecule has 2 amide bonds. The van der Waals surface area contributed by atoms with Gasteiger partial charge in [-0.1, -0.05) is 30.3 Å². The van der Waals surface area contributed by atoms with E-state index in [1.165, 1.54) is 11.3 Å². The monoisotopic (exact) mass is 490 g/mol. The van der Waals surface area contributed by atoms with Crippen molar-refractivity contribution in [2.24, 2.45) is 0 Å². The van der Waals surface area contributed by atoms with Crippen LogP contribution in [0.2, 0.25) is 0 Å². The van der Waals surface area contributed by atoms with Gasteiger partial charge in [-0.05, 0) is 43.5 Å². The summed E-state index contributed by atoms with van der Waals surface area (Å²) < 4.78 is 12.6. The van der Waals surface area contributed by atoms with E-state index in [0.29, 0.717) is 47.8 Å². The van der Waals surface area contributed by atoms with E-state index in [4.69, 9.17) is 9.47 Å². The molecule has 35 heavy (non-hydrogen) atoms. The topological polar surface area (TPSA) is 85.2 Å². The fourth-order valence-electron chi connectivity index (χ4n) is 4.32. The Morgan fingerprint density at radius 1 is 1.17 bits per heavy atom. The average molecular weight is 491 g/mol. The Balaban J connectivity index is 1.30. The number of aryl methyl sites for hydroxylation is 1. The number of nitrogens with one attached hydrogen (secondary N) is 1. The zero-order chi connectivity index (χ0) is 24.4. The summed E-state index contributed by atoms with van der Waals surface area (Å²) in [4.78, 5) is 33.3. The van der Waals surface area contributed by atoms with Gasteiger partial charge in [0.1, 0.15) is 5.69 Å². The van der Waals surface area contributed by atoms with Crippen LogP contribution in [0, 0.1) is 6.92 Å². The normalized spacial score (nSPS) is 13.1. The van der Waals surface area contributed by atoms with Gasteiger partial charge in [-0.15, -0.1) is 11.3 Å². The minimum Gasteiger partial charge on any atom is -0.454 e. The van der Waals surface area contributed by atoms with Crippen molar-refractivity contribution in [3.63, 3.8) is 0 Å². The lowest BCUT2D eigenvalue weighted by atomic mass is 10.0. The van der Waals surface area contributed by atoms with Gasteiger partial charge in [0.15, 0.2) is 16.5 Å². The molecule has 2 aromatic carbocycles. The van der Waals surface area contributed by atoms with Gasteiger partial charge in [0.2, 0.25) is 6.79 Å². The number of carbonyl (C=O) groups excluding carboxylic acids is 2. The Labute approximate surface area is 207 Å². The third-order valence-electron chi connectivity index (χ3n) is 6.22. The van der Waals surface area contributed by atoms with Crippen LogP contribution in [0.1, 0.15) is 38.5 Å². The van der Waals surface area contributed by atoms with Gasteiger partial charge in [-0.25, -0.2) is 4.98 Å². The molecule has 1 atom stereocenters. The molecule has 1 unspecified atom stereocenters. The number of fused-ring (bicyclic) bond motifs is 2. The zero-order valence-electron chi connectivity index (χ0n) is 19.6. The second-order valence-corrected chi connectivity index (χ2v) is 9.35. The SMILES string of the molecule is Cc1nc2sccn2c1C(=O)NCCC(Cc1ccccc1)N(C)C(=O)c1ccc2c(c1)OCO2. The summed E-state index contributed by atoms with van der Waals surface area (Å²) in [6.07, 6.45) is 3.12. The molecule has 0 saturated carbocycles. The van der Waals surface area contributed by atoms with Crippen molar-refractivity contribution in [3.05, 3.63) is 82.6 Å². The van der Waals surface area contributed by atoms with Crippen molar-refractivity contribution >= 4 is 28.1 Å². The summed E-state index contributed by atoms with van der Waals surface area (Å²) >= 11 is 1.49. The van der Waals surface area contributed by atoms with Crippen molar-refractivity contribution in [2.45, 2.75) is 25.8 Å². The highest BCUT2D eigenvalue weighted by Crippen LogP contribution is 2.33. The predicted octanol–water partition coefficient (Wildman–Crippen LogP) is 3.94. The minimum absolute atomic E-state index is 0.109. The number of nitrogens with zero attached hydrogens (tertiary/aromatic N) is 3. The van der Waals surface area contributed by atoms with E-state index in [2.05, 4.69) is 10.3 Å². The maximum atomic E-state index is 13.4. The lowest BCUT2D eigenvalue weighted by Gasteiger charge is -2.29. The van der Waals surface area contributed by atoms with Gasteiger partial charge >= 0.3 is 0 Å². The Kier molecular flexibility index (Phi) is 6.41. The molecule has 1 aliphatic rings. The number of amides is 2. The molecule has 0 spiro atoms. The third-order valence-corrected chi connectivity index (χ3v) is 6.97. The quantitative estimate of drug-likeness (QED) is 0.405. The molecular weight excluding hydrogens is 464 g/mol. The van der Waals surface area contributed by atoms with Crippen LogP contribution in [0.4, 0.5) is 0 Å². The summed E-state index contributed by atoms with van der Waals surface area (Å²) in [6, 6.07) is 15.2. The maximum Gasteiger partial charge on any atom is 0.270 e. The number of likely N-dealkylation sites (N-methyl/N-ethyl adjacent to an activating group) is 1. The number of thiazole rings is 1. The van der Waals surface area contributed by atoms with Crippen LogP contribution in [-0.4, -0.2) is 52.5 Å². The number of ether oxygens (including phenoxy) is 2. The molecule has 0 bridgehead atoms. The fourth-order valence-corrected chi connectivity index (χ4v) is 5.08. The van der Waals surface area contributed by atoms with E-state index in [-0.39, 0.29) is 24.6 Å². The highest BCUT2D eigenvalue weighted by molar-refractivity contribution is 7.15. The van der Waals surface area contributed by atoms with Gasteiger partial charge in [0, 0.05) is 36.8 Å². The van der Waals surface area contributed by atoms with Crippen molar-refractivity contribution in [2.75, 3.05) is 20.4 Å². The standard InChI is InChI=1S/C26H26N4O4S/c1-17-23(30-12-13-35-26(30)28-17)24(31)27-11-10-20(14-18-6-4-3-5-7-18)29(2)25(32)19-8-9-21-22(15-19)34-16-33-21/h3-9,12-13,15,20H,10-11,14,16H2,1-2H3,(H,27,31). The summed E-state index contributed by atoms with van der Waals surface area (Å²) in [6.45, 7) is 2.42. The molecule has 9 heteroatoms. The lowest BCUT2D eigenvalue weighted by Crippen LogP contribution is -2.41. The van der Waals surface area contributed by atoms with Crippen LogP contribution < -0.4 is 14.8 Å². The largest absolute Gasteiger partial charge is 0.454 e. The molecule has 3 heterocycles. The first-order valence-corrected chi connectivity index (χ1v) is 12.3. The Bertz CT molecular complexity index is 1360. The number of rotatable bonds is 8. The van der Waals surface area contributed by atoms with Gasteiger partial charge < -0.3 is 19.7 Å². The van der Waals surface area contributed by atoms with E-state index in [1.54, 1.807) is 30.1 Å². The van der Waals surface area contributed by atoms with Gasteiger partial charge in [0.25, 0.3) is 11.8 Å². The lowest BCUT2D eigenvalue weighted by molar-refractivity contribution is 0.0722. The molecule has 5 rings (SSSR count). The number of carbonyl (C=O) groups is 2. The first kappa shape index (κ1) is 22.9. The van der Waals surface area contributed by atoms with Crippen LogP contribution in [0.3, 0.4) is 0 Å². The maximum absolute atomic E-state index is 13.4. The van der Waals surface area contributed by atoms with Crippen LogP contribution in [0.15, 0.2) is 60.1 Å². The smallest absolute Gasteiger partial charge is 0.270 e. The zero-order valence-corrected chi connectivity index (χ0v) is 20.4. The Morgan fingerprint density at radius 3 is 2.80 bits per heavy atom. The number of imidazole rings is 1. The second-order valence-electron chi connectivity index (χ2n) is 8.47. The van der Waals surface area contributed by atoms with E-state index in [9.17, 15) is 9.59 Å². The average Bonchev–Trinajstić information content (AvgIpc) is 3.58. The Hall–Kier alpha value is -3.85. The second kappa shape index (κ2) is 9.79. The van der Waals surface area contributed by atoms with Crippen molar-refractivity contribution in [1.82, 2.24) is 19.6 Å². The van der Waals surface area contributed by atoms with Crippen molar-refractivity contribution in [1.29, 1.82) is 0 Å². The van der Waals surface area contributed by atoms with Crippen molar-refractivity contribution in [3.8, 4) is 11.5 Å². The van der Waals surface area contributed by atoms with Crippen LogP contribution in [-0.2, 0) is 6.42 Å². The number of aromatic nitrogens is 2. The molecule has 0 saturated heterocycles. The number of benzene rings is 2. The summed E-state index contributed by atoms with van der Waals surface area (Å²) in [5.41, 5.74) is 2.91. The molecule has 180 valence electrons. The molecular formula is C26H26N4O4S. The Morgan fingerprint density at radius 2 is 1.97 bits per heavy atom. The first-order chi connectivity index (χ1) is 17.0. The number of hydrogen-bond donors (Lipinski definition) is 1. The van der Waals surface area contributed by atoms with Gasteiger partial charge in [-0.3, -0.25) is 14.0 Å². The minimum atomic E-state index is -0.170. The summed E-state index contributed by atoms with van der Waals surface area (Å²) in [5.74, 6) is 0.938. The highest BCUT2D eigenvalue weighted by Gasteiger charge is 2.24. The van der Waals surface area contributed by atoms with E-state index >= 15 is 0 Å². The van der Waals surface area contributed by atoms with E-state index in [1.807, 2.05) is 53.2 Å². The molecule has 1 aliphatic heterocycles. The first-order valence-electron chi connectivity index (χ1n) is 11.4. The van der Waals surface area contributed by atoms with E-state index in [0.717, 1.165) is 10.5 Å². The molecule has 1 N–H and O–H groups in total. The van der Waals surface area contributed by atoms with Crippen LogP contribution in [0.25, 0.3) is 4.96 Å². The predicted molar refractivity (Wildman–Crippen MR) is 133 cm³/mol. The molecule has 0 fully saturated rings. The molecule has 0 aliphatic carbocycles.